The summed E-state index contributed by atoms with van der Waals surface area (Å²) in [5.41, 5.74) is 0. The Morgan fingerprint density at radius 3 is 2.91 bits per heavy atom. The third kappa shape index (κ3) is 3.90. The van der Waals surface area contributed by atoms with Crippen molar-refractivity contribution in [1.29, 1.82) is 0 Å². The molecule has 0 atom stereocenters. The van der Waals surface area contributed by atoms with Gasteiger partial charge in [-0.2, -0.15) is 5.10 Å². The Kier molecular flexibility index (Phi) is 5.27. The number of nitrogens with one attached hydrogen (secondary N) is 1. The second kappa shape index (κ2) is 6.99. The first-order valence-corrected chi connectivity index (χ1v) is 8.79. The minimum absolute atomic E-state index is 0.0663. The molecule has 0 bridgehead atoms. The lowest BCUT2D eigenvalue weighted by molar-refractivity contribution is 0.0606. The first kappa shape index (κ1) is 16.6. The number of thiophene rings is 1. The molecule has 2 heterocycles. The number of carbonyl (C=O) groups excluding carboxylic acids is 1. The summed E-state index contributed by atoms with van der Waals surface area (Å²) in [6.45, 7) is 0.276. The lowest BCUT2D eigenvalue weighted by Gasteiger charge is -2.04. The summed E-state index contributed by atoms with van der Waals surface area (Å²) in [4.78, 5) is 15.7. The smallest absolute Gasteiger partial charge is 0.348 e. The Morgan fingerprint density at radius 2 is 2.27 bits per heavy atom. The van der Waals surface area contributed by atoms with Gasteiger partial charge in [-0.15, -0.1) is 11.3 Å². The molecule has 2 rings (SSSR count). The molecule has 0 spiro atoms. The fourth-order valence-corrected chi connectivity index (χ4v) is 4.01. The maximum atomic E-state index is 12.1. The number of aryl methyl sites for hydroxylation is 2. The van der Waals surface area contributed by atoms with Crippen LogP contribution in [0.4, 0.5) is 0 Å². The van der Waals surface area contributed by atoms with Crippen LogP contribution in [-0.2, 0) is 28.2 Å². The molecule has 0 radical (unpaired) electrons. The van der Waals surface area contributed by atoms with Gasteiger partial charge in [-0.3, -0.25) is 4.68 Å². The summed E-state index contributed by atoms with van der Waals surface area (Å²) in [5, 5.41) is 5.36. The average molecular weight is 344 g/mol. The molecule has 22 heavy (non-hydrogen) atoms. The van der Waals surface area contributed by atoms with Crippen LogP contribution in [0.25, 0.3) is 0 Å². The van der Waals surface area contributed by atoms with E-state index in [0.717, 1.165) is 17.2 Å². The number of hydrogen-bond acceptors (Lipinski definition) is 7. The van der Waals surface area contributed by atoms with Crippen molar-refractivity contribution in [2.24, 2.45) is 7.05 Å². The first-order chi connectivity index (χ1) is 10.4. The molecule has 0 aliphatic rings. The average Bonchev–Trinajstić information content (AvgIpc) is 3.12. The number of esters is 1. The van der Waals surface area contributed by atoms with Crippen LogP contribution in [0.3, 0.4) is 0 Å². The van der Waals surface area contributed by atoms with Crippen LogP contribution < -0.4 is 4.72 Å². The number of rotatable bonds is 7. The van der Waals surface area contributed by atoms with Gasteiger partial charge < -0.3 is 4.74 Å². The number of carbonyl (C=O) groups is 1. The molecule has 2 aromatic rings. The van der Waals surface area contributed by atoms with E-state index in [1.165, 1.54) is 24.9 Å². The monoisotopic (exact) mass is 344 g/mol. The molecular formula is C12H16N4O4S2. The Morgan fingerprint density at radius 1 is 1.50 bits per heavy atom. The largest absolute Gasteiger partial charge is 0.465 e. The van der Waals surface area contributed by atoms with Crippen LogP contribution in [-0.4, -0.2) is 42.8 Å². The van der Waals surface area contributed by atoms with E-state index in [4.69, 9.17) is 0 Å². The van der Waals surface area contributed by atoms with Crippen LogP contribution in [0, 0.1) is 0 Å². The lowest BCUT2D eigenvalue weighted by Crippen LogP contribution is -2.25. The SMILES string of the molecule is COC(=O)c1cc(S(=O)(=O)NCCCc2ncnn2C)cs1. The van der Waals surface area contributed by atoms with Crippen molar-refractivity contribution < 1.29 is 17.9 Å². The van der Waals surface area contributed by atoms with Crippen molar-refractivity contribution in [1.82, 2.24) is 19.5 Å². The molecule has 120 valence electrons. The zero-order valence-electron chi connectivity index (χ0n) is 12.1. The molecule has 0 aromatic carbocycles. The number of sulfonamides is 1. The predicted octanol–water partition coefficient (Wildman–Crippen LogP) is 0.574. The van der Waals surface area contributed by atoms with Crippen molar-refractivity contribution in [2.75, 3.05) is 13.7 Å². The summed E-state index contributed by atoms with van der Waals surface area (Å²) in [5.74, 6) is 0.247. The van der Waals surface area contributed by atoms with Gasteiger partial charge >= 0.3 is 5.97 Å². The second-order valence-corrected chi connectivity index (χ2v) is 7.12. The van der Waals surface area contributed by atoms with Gasteiger partial charge in [0.2, 0.25) is 10.0 Å². The normalized spacial score (nSPS) is 11.5. The van der Waals surface area contributed by atoms with Gasteiger partial charge in [-0.05, 0) is 12.5 Å². The third-order valence-electron chi connectivity index (χ3n) is 2.95. The number of nitrogens with zero attached hydrogens (tertiary/aromatic N) is 3. The van der Waals surface area contributed by atoms with Crippen molar-refractivity contribution in [3.63, 3.8) is 0 Å². The molecule has 0 fully saturated rings. The molecule has 0 aliphatic carbocycles. The summed E-state index contributed by atoms with van der Waals surface area (Å²) in [6.07, 6.45) is 2.68. The summed E-state index contributed by atoms with van der Waals surface area (Å²) >= 11 is 1.03. The van der Waals surface area contributed by atoms with Gasteiger partial charge in [0.25, 0.3) is 0 Å². The molecule has 0 unspecified atom stereocenters. The van der Waals surface area contributed by atoms with E-state index in [0.29, 0.717) is 12.8 Å². The highest BCUT2D eigenvalue weighted by Crippen LogP contribution is 2.19. The van der Waals surface area contributed by atoms with Crippen molar-refractivity contribution in [2.45, 2.75) is 17.7 Å². The molecule has 0 amide bonds. The third-order valence-corrected chi connectivity index (χ3v) is 5.45. The topological polar surface area (TPSA) is 103 Å². The number of aromatic nitrogens is 3. The molecule has 0 saturated heterocycles. The van der Waals surface area contributed by atoms with Crippen molar-refractivity contribution in [3.8, 4) is 0 Å². The van der Waals surface area contributed by atoms with Gasteiger partial charge in [0, 0.05) is 25.4 Å². The van der Waals surface area contributed by atoms with Crippen LogP contribution in [0.1, 0.15) is 21.9 Å². The van der Waals surface area contributed by atoms with Gasteiger partial charge in [-0.25, -0.2) is 22.9 Å². The lowest BCUT2D eigenvalue weighted by atomic mass is 10.3. The summed E-state index contributed by atoms with van der Waals surface area (Å²) in [6, 6.07) is 1.31. The highest BCUT2D eigenvalue weighted by Gasteiger charge is 2.18. The molecule has 0 aliphatic heterocycles. The number of hydrogen-bond donors (Lipinski definition) is 1. The molecule has 1 N–H and O–H groups in total. The van der Waals surface area contributed by atoms with E-state index in [2.05, 4.69) is 19.5 Å². The minimum atomic E-state index is -3.62. The van der Waals surface area contributed by atoms with Gasteiger partial charge in [0.1, 0.15) is 17.0 Å². The predicted molar refractivity (Wildman–Crippen MR) is 80.2 cm³/mol. The fourth-order valence-electron chi connectivity index (χ4n) is 1.75. The van der Waals surface area contributed by atoms with E-state index in [1.54, 1.807) is 11.7 Å². The second-order valence-electron chi connectivity index (χ2n) is 4.44. The molecular weight excluding hydrogens is 328 g/mol. The van der Waals surface area contributed by atoms with Crippen LogP contribution in [0.15, 0.2) is 22.7 Å². The molecule has 2 aromatic heterocycles. The molecule has 8 nitrogen and oxygen atoms in total. The standard InChI is InChI=1S/C12H16N4O4S2/c1-16-11(13-8-14-16)4-3-5-15-22(18,19)9-6-10(21-7-9)12(17)20-2/h6-8,15H,3-5H2,1-2H3. The Labute approximate surface area is 132 Å². The minimum Gasteiger partial charge on any atom is -0.465 e. The first-order valence-electron chi connectivity index (χ1n) is 6.43. The Hall–Kier alpha value is -1.78. The molecule has 10 heteroatoms. The zero-order chi connectivity index (χ0) is 16.2. The van der Waals surface area contributed by atoms with Gasteiger partial charge in [0.05, 0.1) is 12.0 Å². The van der Waals surface area contributed by atoms with E-state index in [1.807, 2.05) is 0 Å². The Bertz CT molecular complexity index is 751. The van der Waals surface area contributed by atoms with Crippen LogP contribution in [0.2, 0.25) is 0 Å². The Balaban J connectivity index is 1.89. The quantitative estimate of drug-likeness (QED) is 0.582. The van der Waals surface area contributed by atoms with Crippen molar-refractivity contribution in [3.05, 3.63) is 28.5 Å². The highest BCUT2D eigenvalue weighted by molar-refractivity contribution is 7.89. The summed E-state index contributed by atoms with van der Waals surface area (Å²) in [7, 11) is -0.588. The van der Waals surface area contributed by atoms with E-state index < -0.39 is 16.0 Å². The number of ether oxygens (including phenoxy) is 1. The van der Waals surface area contributed by atoms with E-state index in [-0.39, 0.29) is 16.3 Å². The summed E-state index contributed by atoms with van der Waals surface area (Å²) < 4.78 is 32.9. The van der Waals surface area contributed by atoms with Gasteiger partial charge in [0.15, 0.2) is 0 Å². The fraction of sp³-hybridized carbons (Fsp3) is 0.417. The maximum Gasteiger partial charge on any atom is 0.348 e. The number of methoxy groups -OCH3 is 1. The van der Waals surface area contributed by atoms with Crippen molar-refractivity contribution >= 4 is 27.3 Å². The van der Waals surface area contributed by atoms with Crippen LogP contribution in [0.5, 0.6) is 0 Å². The van der Waals surface area contributed by atoms with Gasteiger partial charge in [-0.1, -0.05) is 0 Å². The molecule has 0 saturated carbocycles. The van der Waals surface area contributed by atoms with E-state index in [9.17, 15) is 13.2 Å². The maximum absolute atomic E-state index is 12.1. The highest BCUT2D eigenvalue weighted by atomic mass is 32.2. The van der Waals surface area contributed by atoms with Crippen LogP contribution >= 0.6 is 11.3 Å². The zero-order valence-corrected chi connectivity index (χ0v) is 13.8. The van der Waals surface area contributed by atoms with E-state index >= 15 is 0 Å².